The van der Waals surface area contributed by atoms with E-state index in [1.807, 2.05) is 42.5 Å². The second-order valence-electron chi connectivity index (χ2n) is 6.96. The van der Waals surface area contributed by atoms with Crippen LogP contribution in [0.4, 0.5) is 10.5 Å². The lowest BCUT2D eigenvalue weighted by molar-refractivity contribution is -0.141. The van der Waals surface area contributed by atoms with Gasteiger partial charge in [0, 0.05) is 5.69 Å². The molecule has 26 heavy (non-hydrogen) atoms. The Kier molecular flexibility index (Phi) is 6.03. The van der Waals surface area contributed by atoms with Crippen molar-refractivity contribution in [2.45, 2.75) is 39.3 Å². The van der Waals surface area contributed by atoms with E-state index in [2.05, 4.69) is 0 Å². The van der Waals surface area contributed by atoms with Gasteiger partial charge in [-0.15, -0.1) is 0 Å². The predicted octanol–water partition coefficient (Wildman–Crippen LogP) is 4.66. The van der Waals surface area contributed by atoms with Gasteiger partial charge in [0.25, 0.3) is 0 Å². The van der Waals surface area contributed by atoms with Gasteiger partial charge in [0.05, 0.1) is 7.11 Å². The summed E-state index contributed by atoms with van der Waals surface area (Å²) in [7, 11) is 1.30. The van der Waals surface area contributed by atoms with Crippen LogP contribution in [0.3, 0.4) is 0 Å². The third-order valence-electron chi connectivity index (χ3n) is 3.77. The SMILES string of the molecule is COC(=O)[C@H](C)N(C(=O)OC(C)(C)C)c1ccc(-c2ccccc2)cc1. The maximum absolute atomic E-state index is 12.7. The molecule has 0 N–H and O–H groups in total. The van der Waals surface area contributed by atoms with Crippen LogP contribution in [0.5, 0.6) is 0 Å². The lowest BCUT2D eigenvalue weighted by Gasteiger charge is -2.30. The molecule has 138 valence electrons. The summed E-state index contributed by atoms with van der Waals surface area (Å²) in [6.45, 7) is 6.96. The van der Waals surface area contributed by atoms with Gasteiger partial charge < -0.3 is 9.47 Å². The van der Waals surface area contributed by atoms with Crippen molar-refractivity contribution < 1.29 is 19.1 Å². The maximum Gasteiger partial charge on any atom is 0.415 e. The molecule has 1 amide bonds. The van der Waals surface area contributed by atoms with Crippen LogP contribution >= 0.6 is 0 Å². The summed E-state index contributed by atoms with van der Waals surface area (Å²) >= 11 is 0. The van der Waals surface area contributed by atoms with E-state index < -0.39 is 23.7 Å². The molecule has 2 rings (SSSR count). The molecule has 0 aromatic heterocycles. The number of carbonyl (C=O) groups excluding carboxylic acids is 2. The minimum Gasteiger partial charge on any atom is -0.467 e. The number of nitrogens with zero attached hydrogens (tertiary/aromatic N) is 1. The summed E-state index contributed by atoms with van der Waals surface area (Å²) in [5, 5.41) is 0. The number of rotatable bonds is 4. The van der Waals surface area contributed by atoms with Crippen LogP contribution in [-0.4, -0.2) is 30.8 Å². The van der Waals surface area contributed by atoms with Gasteiger partial charge in [-0.2, -0.15) is 0 Å². The monoisotopic (exact) mass is 355 g/mol. The van der Waals surface area contributed by atoms with Crippen molar-refractivity contribution >= 4 is 17.7 Å². The number of hydrogen-bond acceptors (Lipinski definition) is 4. The van der Waals surface area contributed by atoms with Crippen molar-refractivity contribution in [3.63, 3.8) is 0 Å². The van der Waals surface area contributed by atoms with Crippen LogP contribution in [0.15, 0.2) is 54.6 Å². The van der Waals surface area contributed by atoms with Gasteiger partial charge in [-0.05, 0) is 51.0 Å². The second kappa shape index (κ2) is 8.04. The molecule has 0 aliphatic rings. The number of ether oxygens (including phenoxy) is 2. The van der Waals surface area contributed by atoms with E-state index in [0.717, 1.165) is 11.1 Å². The summed E-state index contributed by atoms with van der Waals surface area (Å²) in [5.74, 6) is -0.511. The number of methoxy groups -OCH3 is 1. The normalized spacial score (nSPS) is 12.2. The highest BCUT2D eigenvalue weighted by Crippen LogP contribution is 2.26. The first-order valence-corrected chi connectivity index (χ1v) is 8.48. The minimum absolute atomic E-state index is 0.511. The van der Waals surface area contributed by atoms with E-state index in [1.165, 1.54) is 12.0 Å². The molecule has 0 spiro atoms. The molecule has 0 heterocycles. The Balaban J connectivity index is 2.35. The molecule has 5 heteroatoms. The Hall–Kier alpha value is -2.82. The molecule has 0 bridgehead atoms. The summed E-state index contributed by atoms with van der Waals surface area (Å²) in [6, 6.07) is 16.5. The van der Waals surface area contributed by atoms with Gasteiger partial charge >= 0.3 is 12.1 Å². The number of amides is 1. The van der Waals surface area contributed by atoms with Crippen LogP contribution < -0.4 is 4.90 Å². The largest absolute Gasteiger partial charge is 0.467 e. The Morgan fingerprint density at radius 2 is 1.46 bits per heavy atom. The highest BCUT2D eigenvalue weighted by atomic mass is 16.6. The number of carbonyl (C=O) groups is 2. The van der Waals surface area contributed by atoms with Gasteiger partial charge in [-0.3, -0.25) is 4.90 Å². The smallest absolute Gasteiger partial charge is 0.415 e. The van der Waals surface area contributed by atoms with Gasteiger partial charge in [-0.1, -0.05) is 42.5 Å². The molecule has 0 fully saturated rings. The minimum atomic E-state index is -0.808. The highest BCUT2D eigenvalue weighted by Gasteiger charge is 2.31. The molecular weight excluding hydrogens is 330 g/mol. The number of esters is 1. The Bertz CT molecular complexity index is 748. The lowest BCUT2D eigenvalue weighted by Crippen LogP contribution is -2.46. The fraction of sp³-hybridized carbons (Fsp3) is 0.333. The van der Waals surface area contributed by atoms with Crippen LogP contribution in [-0.2, 0) is 14.3 Å². The zero-order chi connectivity index (χ0) is 19.3. The van der Waals surface area contributed by atoms with E-state index in [1.54, 1.807) is 39.8 Å². The molecular formula is C21H25NO4. The zero-order valence-corrected chi connectivity index (χ0v) is 15.9. The quantitative estimate of drug-likeness (QED) is 0.749. The van der Waals surface area contributed by atoms with Crippen molar-refractivity contribution in [1.29, 1.82) is 0 Å². The molecule has 1 atom stereocenters. The van der Waals surface area contributed by atoms with Crippen molar-refractivity contribution in [2.24, 2.45) is 0 Å². The molecule has 2 aromatic rings. The maximum atomic E-state index is 12.7. The summed E-state index contributed by atoms with van der Waals surface area (Å²) < 4.78 is 10.3. The standard InChI is InChI=1S/C21H25NO4/c1-15(19(23)25-5)22(20(24)26-21(2,3)4)18-13-11-17(12-14-18)16-9-7-6-8-10-16/h6-15H,1-5H3/t15-/m0/s1. The fourth-order valence-corrected chi connectivity index (χ4v) is 2.52. The first-order chi connectivity index (χ1) is 12.2. The van der Waals surface area contributed by atoms with Crippen LogP contribution in [0, 0.1) is 0 Å². The van der Waals surface area contributed by atoms with Gasteiger partial charge in [0.2, 0.25) is 0 Å². The fourth-order valence-electron chi connectivity index (χ4n) is 2.52. The van der Waals surface area contributed by atoms with E-state index in [0.29, 0.717) is 5.69 Å². The average molecular weight is 355 g/mol. The molecule has 0 aliphatic carbocycles. The highest BCUT2D eigenvalue weighted by molar-refractivity contribution is 5.95. The van der Waals surface area contributed by atoms with Crippen molar-refractivity contribution in [1.82, 2.24) is 0 Å². The molecule has 0 saturated heterocycles. The molecule has 0 radical (unpaired) electrons. The average Bonchev–Trinajstić information content (AvgIpc) is 2.61. The van der Waals surface area contributed by atoms with Crippen molar-refractivity contribution in [3.05, 3.63) is 54.6 Å². The first kappa shape index (κ1) is 19.5. The zero-order valence-electron chi connectivity index (χ0n) is 15.9. The van der Waals surface area contributed by atoms with Gasteiger partial charge in [-0.25, -0.2) is 9.59 Å². The molecule has 0 unspecified atom stereocenters. The second-order valence-corrected chi connectivity index (χ2v) is 6.96. The van der Waals surface area contributed by atoms with Gasteiger partial charge in [0.1, 0.15) is 11.6 Å². The lowest BCUT2D eigenvalue weighted by atomic mass is 10.1. The molecule has 0 aliphatic heterocycles. The van der Waals surface area contributed by atoms with E-state index in [4.69, 9.17) is 9.47 Å². The van der Waals surface area contributed by atoms with Crippen molar-refractivity contribution in [3.8, 4) is 11.1 Å². The van der Waals surface area contributed by atoms with E-state index >= 15 is 0 Å². The third kappa shape index (κ3) is 4.85. The van der Waals surface area contributed by atoms with Crippen molar-refractivity contribution in [2.75, 3.05) is 12.0 Å². The summed E-state index contributed by atoms with van der Waals surface area (Å²) in [4.78, 5) is 26.0. The number of hydrogen-bond donors (Lipinski definition) is 0. The van der Waals surface area contributed by atoms with E-state index in [9.17, 15) is 9.59 Å². The Morgan fingerprint density at radius 3 is 1.96 bits per heavy atom. The molecule has 0 saturated carbocycles. The Morgan fingerprint density at radius 1 is 0.923 bits per heavy atom. The topological polar surface area (TPSA) is 55.8 Å². The van der Waals surface area contributed by atoms with Crippen LogP contribution in [0.2, 0.25) is 0 Å². The van der Waals surface area contributed by atoms with E-state index in [-0.39, 0.29) is 0 Å². The van der Waals surface area contributed by atoms with Crippen LogP contribution in [0.25, 0.3) is 11.1 Å². The number of benzene rings is 2. The molecule has 5 nitrogen and oxygen atoms in total. The Labute approximate surface area is 154 Å². The molecule has 2 aromatic carbocycles. The van der Waals surface area contributed by atoms with Gasteiger partial charge in [0.15, 0.2) is 0 Å². The third-order valence-corrected chi connectivity index (χ3v) is 3.77. The first-order valence-electron chi connectivity index (χ1n) is 8.48. The van der Waals surface area contributed by atoms with Crippen LogP contribution in [0.1, 0.15) is 27.7 Å². The number of anilines is 1. The summed E-state index contributed by atoms with van der Waals surface area (Å²) in [6.07, 6.45) is -0.595. The summed E-state index contributed by atoms with van der Waals surface area (Å²) in [5.41, 5.74) is 1.99. The predicted molar refractivity (Wildman–Crippen MR) is 102 cm³/mol.